The van der Waals surface area contributed by atoms with Crippen molar-refractivity contribution in [3.63, 3.8) is 0 Å². The first-order chi connectivity index (χ1) is 16.2. The summed E-state index contributed by atoms with van der Waals surface area (Å²) < 4.78 is 10.7. The third-order valence-corrected chi connectivity index (χ3v) is 6.51. The van der Waals surface area contributed by atoms with E-state index in [4.69, 9.17) is 16.0 Å². The van der Waals surface area contributed by atoms with Crippen molar-refractivity contribution in [2.45, 2.75) is 23.8 Å². The standard InChI is InChI=1S/C25H26N4O3S/c1-26-23-22(19-6-4-8-21(14-19)31-2)28-25(29-24(23)30)33-16-18-5-3-7-20(13-18)27-15-17-9-11-32-12-10-17/h3-8,13-14,17,27H,9-12,15-16H2,2H3,(H,28,29,30). The van der Waals surface area contributed by atoms with Crippen molar-refractivity contribution in [1.29, 1.82) is 0 Å². The molecule has 2 heterocycles. The van der Waals surface area contributed by atoms with Crippen LogP contribution in [0.25, 0.3) is 16.1 Å². The number of hydrogen-bond donors (Lipinski definition) is 2. The number of aromatic amines is 1. The number of rotatable bonds is 8. The third kappa shape index (κ3) is 5.95. The SMILES string of the molecule is [C-]#[N+]c1c(-c2cccc(OC)c2)nc(SCc2cccc(NCC3CCOCC3)c2)[nH]c1=O. The van der Waals surface area contributed by atoms with Crippen LogP contribution in [0.3, 0.4) is 0 Å². The van der Waals surface area contributed by atoms with Crippen LogP contribution in [0.1, 0.15) is 18.4 Å². The molecule has 1 aliphatic rings. The molecule has 0 spiro atoms. The minimum atomic E-state index is -0.438. The molecule has 0 unspecified atom stereocenters. The van der Waals surface area contributed by atoms with Crippen molar-refractivity contribution in [3.05, 3.63) is 75.9 Å². The molecular weight excluding hydrogens is 436 g/mol. The smallest absolute Gasteiger partial charge is 0.276 e. The maximum atomic E-state index is 12.5. The summed E-state index contributed by atoms with van der Waals surface area (Å²) >= 11 is 1.44. The number of nitrogens with one attached hydrogen (secondary N) is 2. The van der Waals surface area contributed by atoms with Crippen LogP contribution in [-0.4, -0.2) is 36.8 Å². The Labute approximate surface area is 197 Å². The van der Waals surface area contributed by atoms with E-state index >= 15 is 0 Å². The first-order valence-corrected chi connectivity index (χ1v) is 11.8. The molecule has 0 radical (unpaired) electrons. The molecule has 0 bridgehead atoms. The third-order valence-electron chi connectivity index (χ3n) is 5.57. The minimum Gasteiger partial charge on any atom is -0.497 e. The van der Waals surface area contributed by atoms with Crippen molar-refractivity contribution in [2.24, 2.45) is 5.92 Å². The Balaban J connectivity index is 1.47. The molecule has 2 N–H and O–H groups in total. The Morgan fingerprint density at radius 3 is 2.85 bits per heavy atom. The summed E-state index contributed by atoms with van der Waals surface area (Å²) in [6.07, 6.45) is 2.19. The van der Waals surface area contributed by atoms with E-state index in [1.807, 2.05) is 24.3 Å². The van der Waals surface area contributed by atoms with Crippen LogP contribution in [0.2, 0.25) is 0 Å². The van der Waals surface area contributed by atoms with Crippen LogP contribution in [0, 0.1) is 12.5 Å². The van der Waals surface area contributed by atoms with E-state index in [0.29, 0.717) is 33.8 Å². The van der Waals surface area contributed by atoms with Crippen LogP contribution < -0.4 is 15.6 Å². The van der Waals surface area contributed by atoms with E-state index in [1.165, 1.54) is 11.8 Å². The predicted molar refractivity (Wildman–Crippen MR) is 131 cm³/mol. The van der Waals surface area contributed by atoms with Gasteiger partial charge >= 0.3 is 0 Å². The van der Waals surface area contributed by atoms with Crippen molar-refractivity contribution < 1.29 is 9.47 Å². The Morgan fingerprint density at radius 2 is 2.06 bits per heavy atom. The Kier molecular flexibility index (Phi) is 7.66. The van der Waals surface area contributed by atoms with Gasteiger partial charge in [0.05, 0.1) is 19.4 Å². The molecule has 170 valence electrons. The van der Waals surface area contributed by atoms with Crippen molar-refractivity contribution in [2.75, 3.05) is 32.2 Å². The maximum Gasteiger partial charge on any atom is 0.276 e. The second-order valence-electron chi connectivity index (χ2n) is 7.84. The summed E-state index contributed by atoms with van der Waals surface area (Å²) in [7, 11) is 1.58. The molecule has 33 heavy (non-hydrogen) atoms. The molecule has 0 aliphatic carbocycles. The highest BCUT2D eigenvalue weighted by molar-refractivity contribution is 7.98. The highest BCUT2D eigenvalue weighted by atomic mass is 32.2. The molecule has 1 saturated heterocycles. The Morgan fingerprint density at radius 1 is 1.24 bits per heavy atom. The van der Waals surface area contributed by atoms with Gasteiger partial charge in [-0.15, -0.1) is 0 Å². The van der Waals surface area contributed by atoms with Gasteiger partial charge in [0.25, 0.3) is 11.2 Å². The Hall–Kier alpha value is -3.28. The lowest BCUT2D eigenvalue weighted by Gasteiger charge is -2.22. The van der Waals surface area contributed by atoms with Crippen molar-refractivity contribution >= 4 is 23.1 Å². The first-order valence-electron chi connectivity index (χ1n) is 10.9. The predicted octanol–water partition coefficient (Wildman–Crippen LogP) is 5.13. The van der Waals surface area contributed by atoms with Crippen molar-refractivity contribution in [1.82, 2.24) is 9.97 Å². The average Bonchev–Trinajstić information content (AvgIpc) is 2.87. The van der Waals surface area contributed by atoms with Gasteiger partial charge in [-0.2, -0.15) is 0 Å². The quantitative estimate of drug-likeness (QED) is 0.275. The molecule has 0 atom stereocenters. The number of nitrogens with zero attached hydrogens (tertiary/aromatic N) is 2. The first kappa shape index (κ1) is 22.9. The molecule has 0 amide bonds. The van der Waals surface area contributed by atoms with Crippen LogP contribution in [0.15, 0.2) is 58.5 Å². The number of benzene rings is 2. The monoisotopic (exact) mass is 462 g/mol. The molecule has 1 aromatic heterocycles. The molecule has 2 aromatic carbocycles. The van der Waals surface area contributed by atoms with Gasteiger partial charge in [0, 0.05) is 31.2 Å². The highest BCUT2D eigenvalue weighted by Gasteiger charge is 2.15. The number of anilines is 1. The van der Waals surface area contributed by atoms with Gasteiger partial charge < -0.3 is 19.8 Å². The number of methoxy groups -OCH3 is 1. The number of hydrogen-bond acceptors (Lipinski definition) is 6. The lowest BCUT2D eigenvalue weighted by atomic mass is 10.0. The molecule has 3 aromatic rings. The lowest BCUT2D eigenvalue weighted by molar-refractivity contribution is 0.0699. The molecule has 1 fully saturated rings. The zero-order valence-corrected chi connectivity index (χ0v) is 19.3. The van der Waals surface area contributed by atoms with Crippen LogP contribution in [0.4, 0.5) is 11.4 Å². The summed E-state index contributed by atoms with van der Waals surface area (Å²) in [5.74, 6) is 1.93. The normalized spacial score (nSPS) is 13.9. The van der Waals surface area contributed by atoms with Gasteiger partial charge in [0.1, 0.15) is 5.75 Å². The van der Waals surface area contributed by atoms with Crippen molar-refractivity contribution in [3.8, 4) is 17.0 Å². The van der Waals surface area contributed by atoms with Gasteiger partial charge in [-0.25, -0.2) is 9.83 Å². The summed E-state index contributed by atoms with van der Waals surface area (Å²) in [4.78, 5) is 23.3. The lowest BCUT2D eigenvalue weighted by Crippen LogP contribution is -2.22. The summed E-state index contributed by atoms with van der Waals surface area (Å²) in [6, 6.07) is 15.5. The fraction of sp³-hybridized carbons (Fsp3) is 0.320. The van der Waals surface area contributed by atoms with E-state index in [0.717, 1.165) is 43.9 Å². The van der Waals surface area contributed by atoms with Crippen LogP contribution >= 0.6 is 11.8 Å². The van der Waals surface area contributed by atoms with E-state index in [2.05, 4.69) is 38.3 Å². The highest BCUT2D eigenvalue weighted by Crippen LogP contribution is 2.30. The minimum absolute atomic E-state index is 0.0214. The molecule has 4 rings (SSSR count). The van der Waals surface area contributed by atoms with E-state index in [1.54, 1.807) is 13.2 Å². The van der Waals surface area contributed by atoms with E-state index in [-0.39, 0.29) is 5.69 Å². The molecule has 8 heteroatoms. The summed E-state index contributed by atoms with van der Waals surface area (Å²) in [6.45, 7) is 10.1. The maximum absolute atomic E-state index is 12.5. The fourth-order valence-electron chi connectivity index (χ4n) is 3.73. The number of H-pyrrole nitrogens is 1. The largest absolute Gasteiger partial charge is 0.497 e. The zero-order chi connectivity index (χ0) is 23.0. The van der Waals surface area contributed by atoms with Gasteiger partial charge in [-0.05, 0) is 54.2 Å². The second-order valence-corrected chi connectivity index (χ2v) is 8.80. The number of ether oxygens (including phenoxy) is 2. The van der Waals surface area contributed by atoms with E-state index in [9.17, 15) is 4.79 Å². The number of thioether (sulfide) groups is 1. The number of aromatic nitrogens is 2. The fourth-order valence-corrected chi connectivity index (χ4v) is 4.53. The average molecular weight is 463 g/mol. The van der Waals surface area contributed by atoms with Gasteiger partial charge in [0.2, 0.25) is 0 Å². The summed E-state index contributed by atoms with van der Waals surface area (Å²) in [5.41, 5.74) is 2.78. The summed E-state index contributed by atoms with van der Waals surface area (Å²) in [5, 5.41) is 4.01. The second kappa shape index (κ2) is 11.0. The van der Waals surface area contributed by atoms with E-state index < -0.39 is 5.56 Å². The van der Waals surface area contributed by atoms with Gasteiger partial charge in [0.15, 0.2) is 5.16 Å². The topological polar surface area (TPSA) is 80.6 Å². The molecule has 0 saturated carbocycles. The Bertz CT molecular complexity index is 1200. The zero-order valence-electron chi connectivity index (χ0n) is 18.5. The van der Waals surface area contributed by atoms with Gasteiger partial charge in [-0.1, -0.05) is 36.0 Å². The molecular formula is C25H26N4O3S. The van der Waals surface area contributed by atoms with Crippen LogP contribution in [-0.2, 0) is 10.5 Å². The van der Waals surface area contributed by atoms with Gasteiger partial charge in [-0.3, -0.25) is 4.79 Å². The molecule has 1 aliphatic heterocycles. The van der Waals surface area contributed by atoms with Crippen LogP contribution in [0.5, 0.6) is 5.75 Å². The molecule has 7 nitrogen and oxygen atoms in total.